The number of aliphatic hydroxyl groups excluding tert-OH is 1. The van der Waals surface area contributed by atoms with E-state index in [1.807, 2.05) is 18.2 Å². The van der Waals surface area contributed by atoms with Gasteiger partial charge in [0.1, 0.15) is 5.82 Å². The Bertz CT molecular complexity index is 774. The molecular weight excluding hydrogens is 260 g/mol. The molecule has 3 nitrogen and oxygen atoms in total. The van der Waals surface area contributed by atoms with Gasteiger partial charge in [0.2, 0.25) is 0 Å². The summed E-state index contributed by atoms with van der Waals surface area (Å²) in [6.45, 7) is 5.17. The van der Waals surface area contributed by atoms with Gasteiger partial charge in [-0.15, -0.1) is 0 Å². The highest BCUT2D eigenvalue weighted by Crippen LogP contribution is 2.20. The molecule has 0 amide bonds. The molecule has 0 aliphatic carbocycles. The van der Waals surface area contributed by atoms with Gasteiger partial charge in [-0.2, -0.15) is 0 Å². The van der Waals surface area contributed by atoms with Crippen LogP contribution < -0.4 is 0 Å². The van der Waals surface area contributed by atoms with Gasteiger partial charge in [-0.25, -0.2) is 4.98 Å². The lowest BCUT2D eigenvalue weighted by molar-refractivity contribution is 0.295. The van der Waals surface area contributed by atoms with Crippen LogP contribution in [-0.2, 0) is 13.0 Å². The summed E-state index contributed by atoms with van der Waals surface area (Å²) in [7, 11) is 0. The van der Waals surface area contributed by atoms with Crippen molar-refractivity contribution in [1.29, 1.82) is 0 Å². The standard InChI is InChI=1S/C18H20N2O/c1-13-7-8-14(2)15(11-13)12-20-17-6-4-3-5-16(17)19-18(20)9-10-21/h3-8,11,21H,9-10,12H2,1-2H3. The predicted molar refractivity (Wildman–Crippen MR) is 85.5 cm³/mol. The molecule has 3 heteroatoms. The number of para-hydroxylation sites is 2. The number of benzene rings is 2. The average Bonchev–Trinajstić information content (AvgIpc) is 2.81. The van der Waals surface area contributed by atoms with E-state index in [4.69, 9.17) is 0 Å². The van der Waals surface area contributed by atoms with Crippen molar-refractivity contribution < 1.29 is 5.11 Å². The molecule has 0 spiro atoms. The van der Waals surface area contributed by atoms with E-state index in [2.05, 4.69) is 47.7 Å². The molecule has 1 aromatic heterocycles. The number of hydrogen-bond donors (Lipinski definition) is 1. The summed E-state index contributed by atoms with van der Waals surface area (Å²) in [4.78, 5) is 4.65. The van der Waals surface area contributed by atoms with Crippen molar-refractivity contribution in [2.45, 2.75) is 26.8 Å². The molecular formula is C18H20N2O. The second-order valence-corrected chi connectivity index (χ2v) is 5.51. The number of aromatic nitrogens is 2. The molecule has 0 unspecified atom stereocenters. The molecule has 0 saturated carbocycles. The Morgan fingerprint density at radius 1 is 1.10 bits per heavy atom. The van der Waals surface area contributed by atoms with Crippen LogP contribution in [0.5, 0.6) is 0 Å². The number of aliphatic hydroxyl groups is 1. The minimum atomic E-state index is 0.121. The summed E-state index contributed by atoms with van der Waals surface area (Å²) >= 11 is 0. The number of imidazole rings is 1. The molecule has 2 aromatic carbocycles. The summed E-state index contributed by atoms with van der Waals surface area (Å²) < 4.78 is 2.22. The fourth-order valence-electron chi connectivity index (χ4n) is 2.73. The van der Waals surface area contributed by atoms with Crippen molar-refractivity contribution in [1.82, 2.24) is 9.55 Å². The van der Waals surface area contributed by atoms with Crippen LogP contribution in [0.2, 0.25) is 0 Å². The molecule has 0 radical (unpaired) electrons. The topological polar surface area (TPSA) is 38.0 Å². The fraction of sp³-hybridized carbons (Fsp3) is 0.278. The van der Waals surface area contributed by atoms with E-state index in [1.165, 1.54) is 16.7 Å². The monoisotopic (exact) mass is 280 g/mol. The van der Waals surface area contributed by atoms with Crippen molar-refractivity contribution in [3.8, 4) is 0 Å². The Kier molecular flexibility index (Phi) is 3.76. The lowest BCUT2D eigenvalue weighted by Gasteiger charge is -2.12. The van der Waals surface area contributed by atoms with Crippen LogP contribution in [-0.4, -0.2) is 21.3 Å². The fourth-order valence-corrected chi connectivity index (χ4v) is 2.73. The lowest BCUT2D eigenvalue weighted by atomic mass is 10.1. The van der Waals surface area contributed by atoms with Crippen LogP contribution in [0.3, 0.4) is 0 Å². The third kappa shape index (κ3) is 2.69. The number of fused-ring (bicyclic) bond motifs is 1. The summed E-state index contributed by atoms with van der Waals surface area (Å²) in [6, 6.07) is 14.7. The number of rotatable bonds is 4. The molecule has 0 saturated heterocycles. The van der Waals surface area contributed by atoms with Gasteiger partial charge < -0.3 is 9.67 Å². The molecule has 108 valence electrons. The number of nitrogens with zero attached hydrogens (tertiary/aromatic N) is 2. The third-order valence-corrected chi connectivity index (χ3v) is 3.90. The Hall–Kier alpha value is -2.13. The molecule has 3 aromatic rings. The molecule has 0 aliphatic rings. The highest BCUT2D eigenvalue weighted by molar-refractivity contribution is 5.76. The molecule has 0 atom stereocenters. The Labute approximate surface area is 124 Å². The molecule has 0 bridgehead atoms. The van der Waals surface area contributed by atoms with E-state index >= 15 is 0 Å². The van der Waals surface area contributed by atoms with Crippen molar-refractivity contribution in [3.63, 3.8) is 0 Å². The van der Waals surface area contributed by atoms with Crippen LogP contribution >= 0.6 is 0 Å². The third-order valence-electron chi connectivity index (χ3n) is 3.90. The molecule has 0 fully saturated rings. The zero-order valence-electron chi connectivity index (χ0n) is 12.5. The molecule has 0 aliphatic heterocycles. The average molecular weight is 280 g/mol. The second-order valence-electron chi connectivity index (χ2n) is 5.51. The van der Waals surface area contributed by atoms with Crippen molar-refractivity contribution in [2.75, 3.05) is 6.61 Å². The van der Waals surface area contributed by atoms with Gasteiger partial charge in [0.15, 0.2) is 0 Å². The first-order valence-electron chi connectivity index (χ1n) is 7.30. The van der Waals surface area contributed by atoms with Gasteiger partial charge in [-0.1, -0.05) is 35.9 Å². The first-order chi connectivity index (χ1) is 10.2. The van der Waals surface area contributed by atoms with Gasteiger partial charge in [0, 0.05) is 13.0 Å². The van der Waals surface area contributed by atoms with E-state index in [-0.39, 0.29) is 6.61 Å². The number of hydrogen-bond acceptors (Lipinski definition) is 2. The normalized spacial score (nSPS) is 11.2. The Morgan fingerprint density at radius 2 is 1.90 bits per heavy atom. The molecule has 1 heterocycles. The van der Waals surface area contributed by atoms with E-state index < -0.39 is 0 Å². The SMILES string of the molecule is Cc1ccc(C)c(Cn2c(CCO)nc3ccccc32)c1. The van der Waals surface area contributed by atoms with Crippen LogP contribution in [0.4, 0.5) is 0 Å². The van der Waals surface area contributed by atoms with Crippen LogP contribution in [0.25, 0.3) is 11.0 Å². The Balaban J connectivity index is 2.10. The lowest BCUT2D eigenvalue weighted by Crippen LogP contribution is -2.08. The van der Waals surface area contributed by atoms with Gasteiger partial charge in [0.25, 0.3) is 0 Å². The molecule has 21 heavy (non-hydrogen) atoms. The highest BCUT2D eigenvalue weighted by Gasteiger charge is 2.11. The second kappa shape index (κ2) is 5.70. The summed E-state index contributed by atoms with van der Waals surface area (Å²) in [5.41, 5.74) is 5.97. The quantitative estimate of drug-likeness (QED) is 0.796. The first-order valence-corrected chi connectivity index (χ1v) is 7.30. The molecule has 3 rings (SSSR count). The smallest absolute Gasteiger partial charge is 0.112 e. The van der Waals surface area contributed by atoms with Gasteiger partial charge >= 0.3 is 0 Å². The zero-order chi connectivity index (χ0) is 14.8. The summed E-state index contributed by atoms with van der Waals surface area (Å²) in [5, 5.41) is 9.28. The predicted octanol–water partition coefficient (Wildman–Crippen LogP) is 3.24. The largest absolute Gasteiger partial charge is 0.396 e. The maximum Gasteiger partial charge on any atom is 0.112 e. The Morgan fingerprint density at radius 3 is 2.71 bits per heavy atom. The maximum atomic E-state index is 9.28. The maximum absolute atomic E-state index is 9.28. The minimum Gasteiger partial charge on any atom is -0.396 e. The molecule has 1 N–H and O–H groups in total. The van der Waals surface area contributed by atoms with E-state index in [0.29, 0.717) is 6.42 Å². The van der Waals surface area contributed by atoms with Gasteiger partial charge in [-0.05, 0) is 37.1 Å². The van der Waals surface area contributed by atoms with Gasteiger partial charge in [0.05, 0.1) is 17.6 Å². The van der Waals surface area contributed by atoms with Crippen molar-refractivity contribution in [3.05, 3.63) is 65.0 Å². The van der Waals surface area contributed by atoms with E-state index in [1.54, 1.807) is 0 Å². The summed E-state index contributed by atoms with van der Waals surface area (Å²) in [6.07, 6.45) is 0.583. The van der Waals surface area contributed by atoms with Crippen LogP contribution in [0.15, 0.2) is 42.5 Å². The van der Waals surface area contributed by atoms with Gasteiger partial charge in [-0.3, -0.25) is 0 Å². The zero-order valence-corrected chi connectivity index (χ0v) is 12.5. The minimum absolute atomic E-state index is 0.121. The summed E-state index contributed by atoms with van der Waals surface area (Å²) in [5.74, 6) is 0.944. The van der Waals surface area contributed by atoms with Crippen molar-refractivity contribution in [2.24, 2.45) is 0 Å². The van der Waals surface area contributed by atoms with E-state index in [0.717, 1.165) is 23.4 Å². The number of aryl methyl sites for hydroxylation is 2. The van der Waals surface area contributed by atoms with E-state index in [9.17, 15) is 5.11 Å². The van der Waals surface area contributed by atoms with Crippen LogP contribution in [0.1, 0.15) is 22.5 Å². The van der Waals surface area contributed by atoms with Crippen LogP contribution in [0, 0.1) is 13.8 Å². The van der Waals surface area contributed by atoms with Crippen molar-refractivity contribution >= 4 is 11.0 Å². The first kappa shape index (κ1) is 13.8. The highest BCUT2D eigenvalue weighted by atomic mass is 16.3.